The number of fused-ring (bicyclic) bond motifs is 1. The van der Waals surface area contributed by atoms with Gasteiger partial charge in [-0.15, -0.1) is 0 Å². The van der Waals surface area contributed by atoms with Crippen molar-refractivity contribution >= 4 is 29.1 Å². The fraction of sp³-hybridized carbons (Fsp3) is 0.294. The fourth-order valence-electron chi connectivity index (χ4n) is 2.98. The zero-order valence-electron chi connectivity index (χ0n) is 12.8. The van der Waals surface area contributed by atoms with Crippen molar-refractivity contribution in [1.82, 2.24) is 9.88 Å². The minimum Gasteiger partial charge on any atom is -0.331 e. The molecule has 1 atom stereocenters. The van der Waals surface area contributed by atoms with Gasteiger partial charge in [-0.25, -0.2) is 0 Å². The first-order valence-electron chi connectivity index (χ1n) is 7.37. The van der Waals surface area contributed by atoms with E-state index in [9.17, 15) is 9.59 Å². The molecule has 4 nitrogen and oxygen atoms in total. The van der Waals surface area contributed by atoms with Gasteiger partial charge in [-0.1, -0.05) is 23.2 Å². The van der Waals surface area contributed by atoms with Crippen molar-refractivity contribution in [3.05, 3.63) is 67.0 Å². The second kappa shape index (κ2) is 6.02. The molecule has 0 aliphatic carbocycles. The molecule has 1 aliphatic heterocycles. The number of H-pyrrole nitrogens is 1. The Morgan fingerprint density at radius 3 is 2.65 bits per heavy atom. The summed E-state index contributed by atoms with van der Waals surface area (Å²) in [5.41, 5.74) is 2.59. The Balaban J connectivity index is 1.97. The first-order chi connectivity index (χ1) is 10.9. The van der Waals surface area contributed by atoms with E-state index >= 15 is 0 Å². The summed E-state index contributed by atoms with van der Waals surface area (Å²) < 4.78 is 0. The summed E-state index contributed by atoms with van der Waals surface area (Å²) in [4.78, 5) is 29.2. The average molecular weight is 351 g/mol. The summed E-state index contributed by atoms with van der Waals surface area (Å²) in [5.74, 6) is -0.268. The third-order valence-electron chi connectivity index (χ3n) is 4.27. The van der Waals surface area contributed by atoms with Crippen LogP contribution in [0.1, 0.15) is 40.1 Å². The van der Waals surface area contributed by atoms with Gasteiger partial charge in [0.2, 0.25) is 0 Å². The predicted octanol–water partition coefficient (Wildman–Crippen LogP) is 3.75. The molecule has 2 heterocycles. The van der Waals surface area contributed by atoms with E-state index in [2.05, 4.69) is 4.98 Å². The van der Waals surface area contributed by atoms with Crippen LogP contribution in [0, 0.1) is 6.92 Å². The van der Waals surface area contributed by atoms with Crippen LogP contribution in [-0.4, -0.2) is 22.3 Å². The standard InChI is InChI=1S/C17H16Cl2N2O2/c1-9-3-4-12(16(22)20-9)17(23)21-6-5-11-7-14(18)15(19)8-13(11)10(21)2/h3-4,7-8,10H,5-6H2,1-2H3,(H,20,22). The molecule has 0 fully saturated rings. The number of halogens is 2. The molecule has 1 aromatic heterocycles. The van der Waals surface area contributed by atoms with Crippen LogP contribution >= 0.6 is 23.2 Å². The number of amides is 1. The van der Waals surface area contributed by atoms with Crippen molar-refractivity contribution in [3.63, 3.8) is 0 Å². The Kier molecular flexibility index (Phi) is 4.21. The number of carbonyl (C=O) groups excluding carboxylic acids is 1. The van der Waals surface area contributed by atoms with E-state index in [4.69, 9.17) is 23.2 Å². The number of aromatic amines is 1. The van der Waals surface area contributed by atoms with E-state index in [1.807, 2.05) is 19.1 Å². The molecule has 0 spiro atoms. The summed E-state index contributed by atoms with van der Waals surface area (Å²) in [5, 5.41) is 0.993. The van der Waals surface area contributed by atoms with E-state index in [-0.39, 0.29) is 23.1 Å². The van der Waals surface area contributed by atoms with E-state index in [0.29, 0.717) is 23.0 Å². The highest BCUT2D eigenvalue weighted by Crippen LogP contribution is 2.35. The molecule has 3 rings (SSSR count). The first kappa shape index (κ1) is 16.1. The van der Waals surface area contributed by atoms with E-state index in [1.54, 1.807) is 24.0 Å². The molecule has 1 aliphatic rings. The second-order valence-corrected chi connectivity index (χ2v) is 6.59. The number of benzene rings is 1. The molecule has 120 valence electrons. The van der Waals surface area contributed by atoms with Gasteiger partial charge in [0.25, 0.3) is 11.5 Å². The Hall–Kier alpha value is -1.78. The SMILES string of the molecule is Cc1ccc(C(=O)N2CCc3cc(Cl)c(Cl)cc3C2C)c(=O)[nH]1. The minimum atomic E-state index is -0.359. The lowest BCUT2D eigenvalue weighted by atomic mass is 9.93. The molecular formula is C17H16Cl2N2O2. The van der Waals surface area contributed by atoms with Crippen LogP contribution in [0.3, 0.4) is 0 Å². The third kappa shape index (κ3) is 2.89. The van der Waals surface area contributed by atoms with Crippen LogP contribution in [0.2, 0.25) is 10.0 Å². The molecule has 0 bridgehead atoms. The molecule has 0 saturated heterocycles. The monoisotopic (exact) mass is 350 g/mol. The summed E-state index contributed by atoms with van der Waals surface area (Å²) >= 11 is 12.2. The van der Waals surface area contributed by atoms with Crippen molar-refractivity contribution in [3.8, 4) is 0 Å². The van der Waals surface area contributed by atoms with Crippen LogP contribution in [0.15, 0.2) is 29.1 Å². The van der Waals surface area contributed by atoms with Gasteiger partial charge >= 0.3 is 0 Å². The van der Waals surface area contributed by atoms with Crippen LogP contribution < -0.4 is 5.56 Å². The smallest absolute Gasteiger partial charge is 0.260 e. The highest BCUT2D eigenvalue weighted by Gasteiger charge is 2.30. The molecular weight excluding hydrogens is 335 g/mol. The van der Waals surface area contributed by atoms with Gasteiger partial charge in [-0.2, -0.15) is 0 Å². The fourth-order valence-corrected chi connectivity index (χ4v) is 3.34. The Morgan fingerprint density at radius 2 is 1.96 bits per heavy atom. The lowest BCUT2D eigenvalue weighted by Gasteiger charge is -2.35. The van der Waals surface area contributed by atoms with Crippen molar-refractivity contribution < 1.29 is 4.79 Å². The average Bonchev–Trinajstić information content (AvgIpc) is 2.49. The largest absolute Gasteiger partial charge is 0.331 e. The zero-order chi connectivity index (χ0) is 16.7. The molecule has 1 amide bonds. The third-order valence-corrected chi connectivity index (χ3v) is 4.99. The van der Waals surface area contributed by atoms with Gasteiger partial charge in [0.15, 0.2) is 0 Å². The van der Waals surface area contributed by atoms with E-state index in [0.717, 1.165) is 16.8 Å². The number of hydrogen-bond donors (Lipinski definition) is 1. The number of aryl methyl sites for hydroxylation is 1. The van der Waals surface area contributed by atoms with Crippen LogP contribution in [0.4, 0.5) is 0 Å². The predicted molar refractivity (Wildman–Crippen MR) is 91.4 cm³/mol. The molecule has 0 saturated carbocycles. The van der Waals surface area contributed by atoms with Crippen molar-refractivity contribution in [2.75, 3.05) is 6.54 Å². The Bertz CT molecular complexity index is 845. The minimum absolute atomic E-state index is 0.158. The van der Waals surface area contributed by atoms with Crippen molar-refractivity contribution in [2.45, 2.75) is 26.3 Å². The number of carbonyl (C=O) groups is 1. The molecule has 6 heteroatoms. The highest BCUT2D eigenvalue weighted by molar-refractivity contribution is 6.42. The number of aromatic nitrogens is 1. The van der Waals surface area contributed by atoms with Gasteiger partial charge in [0.1, 0.15) is 5.56 Å². The first-order valence-corrected chi connectivity index (χ1v) is 8.13. The summed E-state index contributed by atoms with van der Waals surface area (Å²) in [6.45, 7) is 4.25. The van der Waals surface area contributed by atoms with Crippen LogP contribution in [0.25, 0.3) is 0 Å². The quantitative estimate of drug-likeness (QED) is 0.851. The maximum Gasteiger partial charge on any atom is 0.260 e. The number of nitrogens with zero attached hydrogens (tertiary/aromatic N) is 1. The Labute approximate surface area is 144 Å². The number of hydrogen-bond acceptors (Lipinski definition) is 2. The normalized spacial score (nSPS) is 17.0. The van der Waals surface area contributed by atoms with Crippen LogP contribution in [-0.2, 0) is 6.42 Å². The number of rotatable bonds is 1. The van der Waals surface area contributed by atoms with Crippen molar-refractivity contribution in [2.24, 2.45) is 0 Å². The highest BCUT2D eigenvalue weighted by atomic mass is 35.5. The van der Waals surface area contributed by atoms with Gasteiger partial charge < -0.3 is 9.88 Å². The summed E-state index contributed by atoms with van der Waals surface area (Å²) in [7, 11) is 0. The number of nitrogens with one attached hydrogen (secondary N) is 1. The lowest BCUT2D eigenvalue weighted by molar-refractivity contribution is 0.0676. The lowest BCUT2D eigenvalue weighted by Crippen LogP contribution is -2.41. The molecule has 1 N–H and O–H groups in total. The molecule has 1 unspecified atom stereocenters. The summed E-state index contributed by atoms with van der Waals surface area (Å²) in [6.07, 6.45) is 0.687. The molecule has 1 aromatic carbocycles. The van der Waals surface area contributed by atoms with Gasteiger partial charge in [-0.05, 0) is 55.7 Å². The van der Waals surface area contributed by atoms with E-state index in [1.165, 1.54) is 0 Å². The molecule has 2 aromatic rings. The topological polar surface area (TPSA) is 53.2 Å². The van der Waals surface area contributed by atoms with E-state index < -0.39 is 0 Å². The van der Waals surface area contributed by atoms with Gasteiger partial charge in [0.05, 0.1) is 16.1 Å². The van der Waals surface area contributed by atoms with Gasteiger partial charge in [0, 0.05) is 12.2 Å². The Morgan fingerprint density at radius 1 is 1.26 bits per heavy atom. The summed E-state index contributed by atoms with van der Waals surface area (Å²) in [6, 6.07) is 6.81. The second-order valence-electron chi connectivity index (χ2n) is 5.77. The zero-order valence-corrected chi connectivity index (χ0v) is 14.3. The molecule has 0 radical (unpaired) electrons. The van der Waals surface area contributed by atoms with Gasteiger partial charge in [-0.3, -0.25) is 9.59 Å². The molecule has 23 heavy (non-hydrogen) atoms. The van der Waals surface area contributed by atoms with Crippen molar-refractivity contribution in [1.29, 1.82) is 0 Å². The maximum atomic E-state index is 12.8. The van der Waals surface area contributed by atoms with Crippen LogP contribution in [0.5, 0.6) is 0 Å². The maximum absolute atomic E-state index is 12.8. The number of pyridine rings is 1.